The molecule has 6 nitrogen and oxygen atoms in total. The minimum absolute atomic E-state index is 0.0352. The Morgan fingerprint density at radius 3 is 2.08 bits per heavy atom. The summed E-state index contributed by atoms with van der Waals surface area (Å²) in [5.74, 6) is 0.0352. The number of rotatable bonds is 6. The number of anilines is 3. The maximum absolute atomic E-state index is 11.8. The van der Waals surface area contributed by atoms with Crippen molar-refractivity contribution in [1.29, 1.82) is 0 Å². The third-order valence-electron chi connectivity index (χ3n) is 4.43. The van der Waals surface area contributed by atoms with Gasteiger partial charge in [0.2, 0.25) is 5.91 Å². The summed E-state index contributed by atoms with van der Waals surface area (Å²) in [7, 11) is 1.84. The molecule has 132 valence electrons. The van der Waals surface area contributed by atoms with Gasteiger partial charge in [0.15, 0.2) is 0 Å². The van der Waals surface area contributed by atoms with E-state index in [9.17, 15) is 4.79 Å². The van der Waals surface area contributed by atoms with Crippen LogP contribution in [0.15, 0.2) is 48.8 Å². The first-order valence-electron chi connectivity index (χ1n) is 8.71. The molecular weight excluding hydrogens is 314 g/mol. The van der Waals surface area contributed by atoms with Gasteiger partial charge in [0, 0.05) is 68.6 Å². The van der Waals surface area contributed by atoms with E-state index in [-0.39, 0.29) is 5.91 Å². The molecule has 1 aliphatic rings. The summed E-state index contributed by atoms with van der Waals surface area (Å²) in [6, 6.07) is 12.2. The lowest BCUT2D eigenvalue weighted by Crippen LogP contribution is -2.46. The summed E-state index contributed by atoms with van der Waals surface area (Å²) in [5, 5.41) is 5.90. The molecule has 0 unspecified atom stereocenters. The van der Waals surface area contributed by atoms with Gasteiger partial charge in [0.25, 0.3) is 0 Å². The fourth-order valence-electron chi connectivity index (χ4n) is 3.00. The van der Waals surface area contributed by atoms with Crippen LogP contribution in [0.4, 0.5) is 17.1 Å². The molecule has 0 saturated carbocycles. The molecule has 1 aromatic carbocycles. The van der Waals surface area contributed by atoms with Crippen molar-refractivity contribution >= 4 is 23.0 Å². The zero-order valence-electron chi connectivity index (χ0n) is 14.6. The predicted octanol–water partition coefficient (Wildman–Crippen LogP) is 1.96. The molecule has 1 aromatic heterocycles. The minimum atomic E-state index is 0.0352. The van der Waals surface area contributed by atoms with Crippen molar-refractivity contribution in [3.05, 3.63) is 48.8 Å². The average Bonchev–Trinajstić information content (AvgIpc) is 2.68. The Balaban J connectivity index is 1.52. The maximum atomic E-state index is 11.8. The van der Waals surface area contributed by atoms with Crippen molar-refractivity contribution in [2.75, 3.05) is 54.9 Å². The summed E-state index contributed by atoms with van der Waals surface area (Å²) in [4.78, 5) is 20.6. The number of carbonyl (C=O) groups is 1. The van der Waals surface area contributed by atoms with E-state index in [1.165, 1.54) is 11.4 Å². The molecule has 0 bridgehead atoms. The van der Waals surface area contributed by atoms with E-state index in [2.05, 4.69) is 49.7 Å². The van der Waals surface area contributed by atoms with E-state index in [0.29, 0.717) is 13.0 Å². The fourth-order valence-corrected chi connectivity index (χ4v) is 3.00. The molecule has 2 heterocycles. The number of aromatic nitrogens is 1. The van der Waals surface area contributed by atoms with Crippen LogP contribution in [0.1, 0.15) is 6.42 Å². The third-order valence-corrected chi connectivity index (χ3v) is 4.43. The summed E-state index contributed by atoms with van der Waals surface area (Å²) >= 11 is 0. The molecule has 0 radical (unpaired) electrons. The molecule has 1 saturated heterocycles. The van der Waals surface area contributed by atoms with Crippen LogP contribution >= 0.6 is 0 Å². The zero-order valence-corrected chi connectivity index (χ0v) is 14.6. The summed E-state index contributed by atoms with van der Waals surface area (Å²) in [5.41, 5.74) is 3.28. The Morgan fingerprint density at radius 1 is 0.960 bits per heavy atom. The number of nitrogens with one attached hydrogen (secondary N) is 2. The molecule has 2 aromatic rings. The number of amides is 1. The van der Waals surface area contributed by atoms with Crippen LogP contribution in [0.2, 0.25) is 0 Å². The van der Waals surface area contributed by atoms with Gasteiger partial charge in [-0.05, 0) is 43.4 Å². The van der Waals surface area contributed by atoms with E-state index < -0.39 is 0 Å². The summed E-state index contributed by atoms with van der Waals surface area (Å²) < 4.78 is 0. The van der Waals surface area contributed by atoms with E-state index in [0.717, 1.165) is 31.9 Å². The highest BCUT2D eigenvalue weighted by Crippen LogP contribution is 2.21. The van der Waals surface area contributed by atoms with Gasteiger partial charge in [-0.1, -0.05) is 0 Å². The highest BCUT2D eigenvalue weighted by Gasteiger charge is 2.17. The summed E-state index contributed by atoms with van der Waals surface area (Å²) in [6.07, 6.45) is 4.16. The highest BCUT2D eigenvalue weighted by molar-refractivity contribution is 5.91. The topological polar surface area (TPSA) is 60.5 Å². The normalized spacial score (nSPS) is 14.4. The van der Waals surface area contributed by atoms with Crippen molar-refractivity contribution in [2.24, 2.45) is 0 Å². The van der Waals surface area contributed by atoms with E-state index in [1.807, 2.05) is 31.6 Å². The Bertz CT molecular complexity index is 666. The number of pyridine rings is 1. The van der Waals surface area contributed by atoms with Gasteiger partial charge in [0.1, 0.15) is 0 Å². The summed E-state index contributed by atoms with van der Waals surface area (Å²) in [6.45, 7) is 4.64. The molecule has 2 N–H and O–H groups in total. The van der Waals surface area contributed by atoms with Crippen molar-refractivity contribution in [2.45, 2.75) is 6.42 Å². The first-order chi connectivity index (χ1) is 12.3. The van der Waals surface area contributed by atoms with Gasteiger partial charge in [-0.2, -0.15) is 0 Å². The molecule has 1 aliphatic heterocycles. The fraction of sp³-hybridized carbons (Fsp3) is 0.368. The van der Waals surface area contributed by atoms with Crippen molar-refractivity contribution < 1.29 is 4.79 Å². The SMILES string of the molecule is CNCCC(=O)Nc1ccc(N2CCN(c3ccncc3)CC2)cc1. The van der Waals surface area contributed by atoms with Crippen LogP contribution in [0.25, 0.3) is 0 Å². The molecule has 0 aliphatic carbocycles. The number of nitrogens with zero attached hydrogens (tertiary/aromatic N) is 3. The Morgan fingerprint density at radius 2 is 1.52 bits per heavy atom. The van der Waals surface area contributed by atoms with Crippen LogP contribution < -0.4 is 20.4 Å². The lowest BCUT2D eigenvalue weighted by Gasteiger charge is -2.37. The predicted molar refractivity (Wildman–Crippen MR) is 102 cm³/mol. The number of carbonyl (C=O) groups excluding carboxylic acids is 1. The smallest absolute Gasteiger partial charge is 0.225 e. The third kappa shape index (κ3) is 4.70. The van der Waals surface area contributed by atoms with Crippen molar-refractivity contribution in [1.82, 2.24) is 10.3 Å². The zero-order chi connectivity index (χ0) is 17.5. The molecular formula is C19H25N5O. The van der Waals surface area contributed by atoms with Crippen LogP contribution in [0, 0.1) is 0 Å². The van der Waals surface area contributed by atoms with Crippen LogP contribution in [-0.4, -0.2) is 50.7 Å². The van der Waals surface area contributed by atoms with Gasteiger partial charge < -0.3 is 20.4 Å². The lowest BCUT2D eigenvalue weighted by molar-refractivity contribution is -0.116. The molecule has 1 fully saturated rings. The molecule has 0 atom stereocenters. The molecule has 0 spiro atoms. The second-order valence-corrected chi connectivity index (χ2v) is 6.13. The quantitative estimate of drug-likeness (QED) is 0.842. The first kappa shape index (κ1) is 17.2. The van der Waals surface area contributed by atoms with E-state index in [1.54, 1.807) is 0 Å². The maximum Gasteiger partial charge on any atom is 0.225 e. The van der Waals surface area contributed by atoms with Gasteiger partial charge >= 0.3 is 0 Å². The highest BCUT2D eigenvalue weighted by atomic mass is 16.1. The Labute approximate surface area is 148 Å². The van der Waals surface area contributed by atoms with Crippen molar-refractivity contribution in [3.63, 3.8) is 0 Å². The van der Waals surface area contributed by atoms with Crippen LogP contribution in [-0.2, 0) is 4.79 Å². The van der Waals surface area contributed by atoms with Crippen LogP contribution in [0.3, 0.4) is 0 Å². The van der Waals surface area contributed by atoms with Gasteiger partial charge in [-0.25, -0.2) is 0 Å². The monoisotopic (exact) mass is 339 g/mol. The molecule has 6 heteroatoms. The number of hydrogen-bond donors (Lipinski definition) is 2. The Hall–Kier alpha value is -2.60. The largest absolute Gasteiger partial charge is 0.368 e. The van der Waals surface area contributed by atoms with Crippen LogP contribution in [0.5, 0.6) is 0 Å². The standard InChI is InChI=1S/C19H25N5O/c1-20-9-8-19(25)22-16-2-4-17(5-3-16)23-12-14-24(15-13-23)18-6-10-21-11-7-18/h2-7,10-11,20H,8-9,12-15H2,1H3,(H,22,25). The Kier molecular flexibility index (Phi) is 5.85. The van der Waals surface area contributed by atoms with Crippen molar-refractivity contribution in [3.8, 4) is 0 Å². The second kappa shape index (κ2) is 8.48. The minimum Gasteiger partial charge on any atom is -0.368 e. The van der Waals surface area contributed by atoms with E-state index >= 15 is 0 Å². The average molecular weight is 339 g/mol. The number of piperazine rings is 1. The first-order valence-corrected chi connectivity index (χ1v) is 8.71. The van der Waals surface area contributed by atoms with Gasteiger partial charge in [-0.15, -0.1) is 0 Å². The molecule has 25 heavy (non-hydrogen) atoms. The van der Waals surface area contributed by atoms with E-state index in [4.69, 9.17) is 0 Å². The second-order valence-electron chi connectivity index (χ2n) is 6.13. The molecule has 1 amide bonds. The molecule has 3 rings (SSSR count). The number of hydrogen-bond acceptors (Lipinski definition) is 5. The van der Waals surface area contributed by atoms with Gasteiger partial charge in [-0.3, -0.25) is 9.78 Å². The van der Waals surface area contributed by atoms with Gasteiger partial charge in [0.05, 0.1) is 0 Å². The lowest BCUT2D eigenvalue weighted by atomic mass is 10.2. The number of benzene rings is 1.